The van der Waals surface area contributed by atoms with Gasteiger partial charge in [-0.15, -0.1) is 0 Å². The van der Waals surface area contributed by atoms with Gasteiger partial charge in [0.2, 0.25) is 0 Å². The summed E-state index contributed by atoms with van der Waals surface area (Å²) >= 11 is 0. The zero-order valence-corrected chi connectivity index (χ0v) is 25.2. The van der Waals surface area contributed by atoms with Crippen LogP contribution in [0.3, 0.4) is 0 Å². The van der Waals surface area contributed by atoms with E-state index in [2.05, 4.69) is 5.32 Å². The van der Waals surface area contributed by atoms with Gasteiger partial charge in [0.05, 0.1) is 18.8 Å². The number of rotatable bonds is 12. The van der Waals surface area contributed by atoms with Crippen molar-refractivity contribution in [3.63, 3.8) is 0 Å². The van der Waals surface area contributed by atoms with Gasteiger partial charge in [0.1, 0.15) is 12.1 Å². The first-order valence-corrected chi connectivity index (χ1v) is 13.6. The van der Waals surface area contributed by atoms with Crippen LogP contribution in [0.2, 0.25) is 0 Å². The van der Waals surface area contributed by atoms with Gasteiger partial charge in [-0.25, -0.2) is 14.4 Å². The lowest BCUT2D eigenvalue weighted by Gasteiger charge is -2.20. The Hall–Kier alpha value is -4.12. The lowest BCUT2D eigenvalue weighted by molar-refractivity contribution is -0.139. The number of carboxylic acids is 1. The minimum absolute atomic E-state index is 0.0309. The maximum Gasteiger partial charge on any atom is 0.513 e. The maximum absolute atomic E-state index is 12.4. The van der Waals surface area contributed by atoms with E-state index in [0.29, 0.717) is 11.1 Å². The summed E-state index contributed by atoms with van der Waals surface area (Å²) in [4.78, 5) is 49.0. The molecule has 0 radical (unpaired) electrons. The van der Waals surface area contributed by atoms with Crippen LogP contribution in [0.1, 0.15) is 64.4 Å². The molecule has 230 valence electrons. The van der Waals surface area contributed by atoms with Crippen molar-refractivity contribution in [2.45, 2.75) is 67.0 Å². The molecule has 11 nitrogen and oxygen atoms in total. The van der Waals surface area contributed by atoms with E-state index in [0.717, 1.165) is 0 Å². The predicted molar refractivity (Wildman–Crippen MR) is 154 cm³/mol. The Morgan fingerprint density at radius 3 is 1.88 bits per heavy atom. The maximum atomic E-state index is 12.4. The van der Waals surface area contributed by atoms with Gasteiger partial charge in [0, 0.05) is 6.54 Å². The second kappa shape index (κ2) is 15.2. The Labute approximate surface area is 246 Å². The topological polar surface area (TPSA) is 147 Å². The summed E-state index contributed by atoms with van der Waals surface area (Å²) in [7, 11) is 0. The molecule has 0 aliphatic rings. The molecule has 0 aliphatic heterocycles. The molecule has 0 fully saturated rings. The van der Waals surface area contributed by atoms with Crippen LogP contribution in [-0.4, -0.2) is 61.3 Å². The smallest absolute Gasteiger partial charge is 0.480 e. The van der Waals surface area contributed by atoms with E-state index >= 15 is 0 Å². The third-order valence-corrected chi connectivity index (χ3v) is 5.35. The summed E-state index contributed by atoms with van der Waals surface area (Å²) in [5, 5.41) is 12.7. The molecule has 11 heteroatoms. The van der Waals surface area contributed by atoms with Gasteiger partial charge in [0.25, 0.3) is 0 Å². The Morgan fingerprint density at radius 2 is 1.36 bits per heavy atom. The van der Waals surface area contributed by atoms with Gasteiger partial charge >= 0.3 is 24.2 Å². The Balaban J connectivity index is 2.14. The first kappa shape index (κ1) is 34.1. The molecule has 2 atom stereocenters. The first-order chi connectivity index (χ1) is 19.5. The van der Waals surface area contributed by atoms with Crippen LogP contribution in [0.5, 0.6) is 11.5 Å². The summed E-state index contributed by atoms with van der Waals surface area (Å²) in [5.74, 6) is -1.91. The predicted octanol–water partition coefficient (Wildman–Crippen LogP) is 5.64. The number of hydrogen-bond donors (Lipinski definition) is 2. The summed E-state index contributed by atoms with van der Waals surface area (Å²) < 4.78 is 26.3. The van der Waals surface area contributed by atoms with Gasteiger partial charge < -0.3 is 34.1 Å². The monoisotopic (exact) mass is 587 g/mol. The molecule has 0 aliphatic carbocycles. The van der Waals surface area contributed by atoms with Crippen molar-refractivity contribution in [3.05, 3.63) is 59.7 Å². The van der Waals surface area contributed by atoms with Gasteiger partial charge in [-0.2, -0.15) is 0 Å². The van der Waals surface area contributed by atoms with Crippen LogP contribution in [0, 0.1) is 10.8 Å². The molecule has 1 unspecified atom stereocenters. The van der Waals surface area contributed by atoms with E-state index in [1.807, 2.05) is 41.5 Å². The molecule has 2 rings (SSSR count). The van der Waals surface area contributed by atoms with Crippen LogP contribution in [-0.2, 0) is 25.4 Å². The number of esters is 1. The molecule has 2 N–H and O–H groups in total. The number of benzene rings is 2. The lowest BCUT2D eigenvalue weighted by atomic mass is 9.99. The van der Waals surface area contributed by atoms with Crippen LogP contribution in [0.4, 0.5) is 9.59 Å². The molecule has 0 aromatic heterocycles. The van der Waals surface area contributed by atoms with E-state index < -0.39 is 36.4 Å². The van der Waals surface area contributed by atoms with E-state index in [4.69, 9.17) is 23.7 Å². The third-order valence-electron chi connectivity index (χ3n) is 5.35. The summed E-state index contributed by atoms with van der Waals surface area (Å²) in [6, 6.07) is 11.7. The lowest BCUT2D eigenvalue weighted by Crippen LogP contribution is -2.42. The highest BCUT2D eigenvalue weighted by molar-refractivity contribution is 5.89. The quantitative estimate of drug-likeness (QED) is 0.181. The minimum atomic E-state index is -1.14. The van der Waals surface area contributed by atoms with Crippen molar-refractivity contribution in [2.75, 3.05) is 19.8 Å². The minimum Gasteiger partial charge on any atom is -0.480 e. The first-order valence-electron chi connectivity index (χ1n) is 13.6. The number of nitrogens with one attached hydrogen (secondary N) is 1. The third kappa shape index (κ3) is 13.0. The fourth-order valence-corrected chi connectivity index (χ4v) is 3.29. The molecule has 0 saturated heterocycles. The van der Waals surface area contributed by atoms with Crippen molar-refractivity contribution in [2.24, 2.45) is 10.8 Å². The molecular formula is C31H41NO10. The number of hydrogen-bond acceptors (Lipinski definition) is 10. The number of ether oxygens (including phenoxy) is 5. The van der Waals surface area contributed by atoms with Crippen LogP contribution >= 0.6 is 0 Å². The van der Waals surface area contributed by atoms with Gasteiger partial charge in [-0.1, -0.05) is 65.8 Å². The normalized spacial score (nSPS) is 12.9. The van der Waals surface area contributed by atoms with Crippen molar-refractivity contribution < 1.29 is 48.0 Å². The average Bonchev–Trinajstić information content (AvgIpc) is 2.89. The molecule has 0 saturated carbocycles. The van der Waals surface area contributed by atoms with Crippen molar-refractivity contribution in [3.8, 4) is 11.5 Å². The van der Waals surface area contributed by atoms with Crippen molar-refractivity contribution in [1.29, 1.82) is 0 Å². The number of carbonyl (C=O) groups is 4. The average molecular weight is 588 g/mol. The Morgan fingerprint density at radius 1 is 0.810 bits per heavy atom. The summed E-state index contributed by atoms with van der Waals surface area (Å²) in [5.41, 5.74) is 0.231. The molecular weight excluding hydrogens is 546 g/mol. The Kier molecular flexibility index (Phi) is 12.3. The molecule has 0 spiro atoms. The van der Waals surface area contributed by atoms with Crippen molar-refractivity contribution >= 4 is 24.2 Å². The largest absolute Gasteiger partial charge is 0.513 e. The van der Waals surface area contributed by atoms with Gasteiger partial charge in [0.15, 0.2) is 11.5 Å². The highest BCUT2D eigenvalue weighted by Crippen LogP contribution is 2.30. The zero-order chi connectivity index (χ0) is 31.5. The van der Waals surface area contributed by atoms with E-state index in [1.54, 1.807) is 37.3 Å². The summed E-state index contributed by atoms with van der Waals surface area (Å²) in [6.45, 7) is 13.2. The standard InChI is InChI=1S/C31H41NO10/c1-20(40-27(35)22-11-9-8-10-12-22)17-32-23(26(33)34)15-21-13-14-24(41-28(36)38-18-30(2,3)4)25(16-21)42-29(37)39-19-31(5,6)7/h8-14,16,20,23,32H,15,17-19H2,1-7H3,(H,33,34)/t20?,23-/m0/s1. The molecule has 2 aromatic carbocycles. The number of aliphatic carboxylic acids is 1. The molecule has 0 heterocycles. The number of carbonyl (C=O) groups excluding carboxylic acids is 3. The zero-order valence-electron chi connectivity index (χ0n) is 25.2. The fourth-order valence-electron chi connectivity index (χ4n) is 3.29. The van der Waals surface area contributed by atoms with E-state index in [-0.39, 0.29) is 48.5 Å². The van der Waals surface area contributed by atoms with Crippen LogP contribution in [0.25, 0.3) is 0 Å². The highest BCUT2D eigenvalue weighted by Gasteiger charge is 2.24. The summed E-state index contributed by atoms with van der Waals surface area (Å²) in [6.07, 6.45) is -2.66. The highest BCUT2D eigenvalue weighted by atomic mass is 16.7. The SMILES string of the molecule is CC(CN[C@@H](Cc1ccc(OC(=O)OCC(C)(C)C)c(OC(=O)OCC(C)(C)C)c1)C(=O)O)OC(=O)c1ccccc1. The van der Waals surface area contributed by atoms with Gasteiger partial charge in [-0.3, -0.25) is 4.79 Å². The molecule has 0 amide bonds. The molecule has 42 heavy (non-hydrogen) atoms. The molecule has 2 aromatic rings. The Bertz CT molecular complexity index is 1210. The van der Waals surface area contributed by atoms with Crippen molar-refractivity contribution in [1.82, 2.24) is 5.32 Å². The van der Waals surface area contributed by atoms with E-state index in [9.17, 15) is 24.3 Å². The molecule has 0 bridgehead atoms. The van der Waals surface area contributed by atoms with E-state index in [1.165, 1.54) is 18.2 Å². The fraction of sp³-hybridized carbons (Fsp3) is 0.484. The van der Waals surface area contributed by atoms with Crippen LogP contribution < -0.4 is 14.8 Å². The second-order valence-electron chi connectivity index (χ2n) is 12.3. The second-order valence-corrected chi connectivity index (χ2v) is 12.3. The van der Waals surface area contributed by atoms with Crippen LogP contribution in [0.15, 0.2) is 48.5 Å². The van der Waals surface area contributed by atoms with Gasteiger partial charge in [-0.05, 0) is 54.0 Å². The number of carboxylic acid groups (broad SMARTS) is 1.